The zero-order valence-corrected chi connectivity index (χ0v) is 18.8. The van der Waals surface area contributed by atoms with Crippen LogP contribution in [0.5, 0.6) is 11.5 Å². The maximum atomic E-state index is 13.5. The summed E-state index contributed by atoms with van der Waals surface area (Å²) >= 11 is 0. The van der Waals surface area contributed by atoms with Gasteiger partial charge in [0.05, 0.1) is 10.6 Å². The Balaban J connectivity index is 0.00000256. The highest BCUT2D eigenvalue weighted by Crippen LogP contribution is 2.35. The van der Waals surface area contributed by atoms with Crippen molar-refractivity contribution in [2.24, 2.45) is 0 Å². The van der Waals surface area contributed by atoms with Gasteiger partial charge in [0.1, 0.15) is 13.2 Å². The highest BCUT2D eigenvalue weighted by Gasteiger charge is 2.27. The minimum absolute atomic E-state index is 0. The predicted molar refractivity (Wildman–Crippen MR) is 113 cm³/mol. The molecule has 0 aromatic heterocycles. The van der Waals surface area contributed by atoms with Gasteiger partial charge in [-0.3, -0.25) is 4.31 Å². The van der Waals surface area contributed by atoms with Crippen molar-refractivity contribution in [1.29, 1.82) is 0 Å². The second kappa shape index (κ2) is 9.90. The van der Waals surface area contributed by atoms with Gasteiger partial charge in [-0.05, 0) is 57.1 Å². The van der Waals surface area contributed by atoms with Crippen molar-refractivity contribution in [2.75, 3.05) is 43.7 Å². The Morgan fingerprint density at radius 3 is 2.30 bits per heavy atom. The number of rotatable bonds is 6. The number of piperidine rings is 1. The van der Waals surface area contributed by atoms with Gasteiger partial charge < -0.3 is 26.8 Å². The van der Waals surface area contributed by atoms with Crippen molar-refractivity contribution in [2.45, 2.75) is 31.1 Å². The third-order valence-electron chi connectivity index (χ3n) is 5.49. The van der Waals surface area contributed by atoms with E-state index in [1.54, 1.807) is 30.3 Å². The summed E-state index contributed by atoms with van der Waals surface area (Å²) in [7, 11) is -3.69. The minimum atomic E-state index is -3.69. The third-order valence-corrected chi connectivity index (χ3v) is 7.33. The molecule has 0 spiro atoms. The molecule has 2 heterocycles. The molecule has 1 saturated heterocycles. The molecule has 2 aliphatic rings. The molecule has 0 unspecified atom stereocenters. The van der Waals surface area contributed by atoms with Crippen molar-refractivity contribution in [1.82, 2.24) is 4.90 Å². The Kier molecular flexibility index (Phi) is 7.50. The summed E-state index contributed by atoms with van der Waals surface area (Å²) in [5.74, 6) is 1.25. The summed E-state index contributed by atoms with van der Waals surface area (Å²) in [5, 5.41) is 0. The van der Waals surface area contributed by atoms with Crippen LogP contribution in [0, 0.1) is 6.92 Å². The van der Waals surface area contributed by atoms with E-state index in [2.05, 4.69) is 4.90 Å². The first kappa shape index (κ1) is 22.7. The van der Waals surface area contributed by atoms with Crippen LogP contribution in [0.4, 0.5) is 5.69 Å². The lowest BCUT2D eigenvalue weighted by Crippen LogP contribution is -3.00. The topological polar surface area (TPSA) is 59.1 Å². The molecule has 4 rings (SSSR count). The van der Waals surface area contributed by atoms with Gasteiger partial charge in [0.2, 0.25) is 0 Å². The Hall–Kier alpha value is -1.96. The fraction of sp³-hybridized carbons (Fsp3) is 0.455. The van der Waals surface area contributed by atoms with Gasteiger partial charge >= 0.3 is 0 Å². The van der Waals surface area contributed by atoms with Crippen LogP contribution in [0.3, 0.4) is 0 Å². The van der Waals surface area contributed by atoms with Gasteiger partial charge in [0, 0.05) is 19.2 Å². The number of aryl methyl sites for hydroxylation is 1. The molecular formula is C22H28ClN2O4S-. The van der Waals surface area contributed by atoms with Gasteiger partial charge in [-0.2, -0.15) is 0 Å². The summed E-state index contributed by atoms with van der Waals surface area (Å²) in [5.41, 5.74) is 1.63. The number of anilines is 1. The normalized spacial score (nSPS) is 16.6. The average Bonchev–Trinajstić information content (AvgIpc) is 2.75. The molecule has 1 fully saturated rings. The van der Waals surface area contributed by atoms with Crippen molar-refractivity contribution in [3.8, 4) is 11.5 Å². The molecule has 2 aromatic rings. The molecule has 0 saturated carbocycles. The van der Waals surface area contributed by atoms with E-state index >= 15 is 0 Å². The van der Waals surface area contributed by atoms with E-state index in [9.17, 15) is 8.42 Å². The Morgan fingerprint density at radius 2 is 1.60 bits per heavy atom. The number of hydrogen-bond donors (Lipinski definition) is 0. The molecule has 0 radical (unpaired) electrons. The number of fused-ring (bicyclic) bond motifs is 1. The number of halogens is 1. The van der Waals surface area contributed by atoms with E-state index in [-0.39, 0.29) is 12.4 Å². The van der Waals surface area contributed by atoms with E-state index in [0.29, 0.717) is 48.4 Å². The van der Waals surface area contributed by atoms with Gasteiger partial charge in [-0.1, -0.05) is 24.1 Å². The predicted octanol–water partition coefficient (Wildman–Crippen LogP) is 0.451. The number of nitrogens with zero attached hydrogens (tertiary/aromatic N) is 2. The monoisotopic (exact) mass is 451 g/mol. The molecule has 2 aliphatic heterocycles. The molecule has 0 atom stereocenters. The van der Waals surface area contributed by atoms with E-state index < -0.39 is 10.0 Å². The molecule has 0 amide bonds. The number of sulfonamides is 1. The fourth-order valence-corrected chi connectivity index (χ4v) is 5.28. The number of likely N-dealkylation sites (tertiary alicyclic amines) is 1. The van der Waals surface area contributed by atoms with Crippen LogP contribution >= 0.6 is 0 Å². The first-order valence-corrected chi connectivity index (χ1v) is 11.7. The Bertz CT molecular complexity index is 944. The molecule has 8 heteroatoms. The van der Waals surface area contributed by atoms with Crippen LogP contribution in [0.25, 0.3) is 0 Å². The summed E-state index contributed by atoms with van der Waals surface area (Å²) < 4.78 is 39.8. The molecule has 0 bridgehead atoms. The largest absolute Gasteiger partial charge is 1.00 e. The molecule has 0 aliphatic carbocycles. The SMILES string of the molecule is Cc1ccc(S(=O)(=O)N(CCN2CCCCC2)c2ccc3c(c2)OCCO3)cc1.[Cl-]. The summed E-state index contributed by atoms with van der Waals surface area (Å²) in [6.45, 7) is 6.08. The number of benzene rings is 2. The standard InChI is InChI=1S/C22H28N2O4S.ClH/c1-18-5-8-20(9-6-18)29(25,26)24(14-13-23-11-3-2-4-12-23)19-7-10-21-22(17-19)28-16-15-27-21;/h5-10,17H,2-4,11-16H2,1H3;1H/p-1. The zero-order chi connectivity index (χ0) is 20.3. The summed E-state index contributed by atoms with van der Waals surface area (Å²) in [4.78, 5) is 2.65. The first-order valence-electron chi connectivity index (χ1n) is 10.3. The maximum Gasteiger partial charge on any atom is 0.264 e. The van der Waals surface area contributed by atoms with Crippen LogP contribution < -0.4 is 26.2 Å². The second-order valence-electron chi connectivity index (χ2n) is 7.62. The van der Waals surface area contributed by atoms with Crippen molar-refractivity contribution in [3.05, 3.63) is 48.0 Å². The summed E-state index contributed by atoms with van der Waals surface area (Å²) in [6.07, 6.45) is 3.60. The number of hydrogen-bond acceptors (Lipinski definition) is 5. The van der Waals surface area contributed by atoms with Gasteiger partial charge in [0.25, 0.3) is 10.0 Å². The van der Waals surface area contributed by atoms with E-state index in [1.165, 1.54) is 23.6 Å². The van der Waals surface area contributed by atoms with Gasteiger partial charge in [-0.15, -0.1) is 0 Å². The van der Waals surface area contributed by atoms with Crippen LogP contribution in [0.1, 0.15) is 24.8 Å². The Labute approximate surface area is 185 Å². The van der Waals surface area contributed by atoms with Crippen LogP contribution in [-0.4, -0.2) is 52.7 Å². The van der Waals surface area contributed by atoms with Crippen molar-refractivity contribution < 1.29 is 30.3 Å². The molecule has 2 aromatic carbocycles. The minimum Gasteiger partial charge on any atom is -1.00 e. The van der Waals surface area contributed by atoms with E-state index in [1.807, 2.05) is 19.1 Å². The van der Waals surface area contributed by atoms with Crippen molar-refractivity contribution in [3.63, 3.8) is 0 Å². The molecular weight excluding hydrogens is 424 g/mol. The molecule has 6 nitrogen and oxygen atoms in total. The second-order valence-corrected chi connectivity index (χ2v) is 9.48. The highest BCUT2D eigenvalue weighted by atomic mass is 35.5. The van der Waals surface area contributed by atoms with Crippen molar-refractivity contribution >= 4 is 15.7 Å². The summed E-state index contributed by atoms with van der Waals surface area (Å²) in [6, 6.07) is 12.4. The lowest BCUT2D eigenvalue weighted by Gasteiger charge is -2.31. The molecule has 0 N–H and O–H groups in total. The average molecular weight is 452 g/mol. The fourth-order valence-electron chi connectivity index (χ4n) is 3.83. The zero-order valence-electron chi connectivity index (χ0n) is 17.2. The first-order chi connectivity index (χ1) is 14.0. The van der Waals surface area contributed by atoms with E-state index in [0.717, 1.165) is 18.7 Å². The number of ether oxygens (including phenoxy) is 2. The van der Waals surface area contributed by atoms with Crippen LogP contribution in [0.15, 0.2) is 47.4 Å². The van der Waals surface area contributed by atoms with Gasteiger partial charge in [0.15, 0.2) is 11.5 Å². The molecule has 164 valence electrons. The quantitative estimate of drug-likeness (QED) is 0.638. The Morgan fingerprint density at radius 1 is 0.933 bits per heavy atom. The van der Waals surface area contributed by atoms with E-state index in [4.69, 9.17) is 9.47 Å². The highest BCUT2D eigenvalue weighted by molar-refractivity contribution is 7.92. The van der Waals surface area contributed by atoms with Gasteiger partial charge in [-0.25, -0.2) is 8.42 Å². The third kappa shape index (κ3) is 5.02. The lowest BCUT2D eigenvalue weighted by molar-refractivity contribution is -0.00000889. The smallest absolute Gasteiger partial charge is 0.264 e. The van der Waals surface area contributed by atoms with Crippen LogP contribution in [0.2, 0.25) is 0 Å². The molecule has 30 heavy (non-hydrogen) atoms. The lowest BCUT2D eigenvalue weighted by atomic mass is 10.1. The maximum absolute atomic E-state index is 13.5. The van der Waals surface area contributed by atoms with Crippen LogP contribution in [-0.2, 0) is 10.0 Å².